The minimum absolute atomic E-state index is 0.484. The summed E-state index contributed by atoms with van der Waals surface area (Å²) in [6.45, 7) is 3.20. The predicted molar refractivity (Wildman–Crippen MR) is 68.9 cm³/mol. The first-order chi connectivity index (χ1) is 8.19. The minimum atomic E-state index is 0.484. The van der Waals surface area contributed by atoms with E-state index in [4.69, 9.17) is 16.3 Å². The first kappa shape index (κ1) is 12.1. The highest BCUT2D eigenvalue weighted by Gasteiger charge is 2.14. The van der Waals surface area contributed by atoms with Gasteiger partial charge < -0.3 is 9.30 Å². The number of carbonyl (C=O) groups is 1. The Morgan fingerprint density at radius 2 is 2.24 bits per heavy atom. The van der Waals surface area contributed by atoms with Gasteiger partial charge in [-0.05, 0) is 19.1 Å². The lowest BCUT2D eigenvalue weighted by Gasteiger charge is -2.06. The molecule has 0 aliphatic carbocycles. The van der Waals surface area contributed by atoms with Crippen molar-refractivity contribution in [3.05, 3.63) is 34.5 Å². The van der Waals surface area contributed by atoms with Gasteiger partial charge in [-0.2, -0.15) is 0 Å². The lowest BCUT2D eigenvalue weighted by Crippen LogP contribution is -2.04. The quantitative estimate of drug-likeness (QED) is 0.782. The molecule has 0 unspecified atom stereocenters. The Hall–Kier alpha value is -1.32. The molecule has 3 nitrogen and oxygen atoms in total. The smallest absolute Gasteiger partial charge is 0.153 e. The molecule has 0 saturated heterocycles. The van der Waals surface area contributed by atoms with Crippen LogP contribution in [0.5, 0.6) is 0 Å². The SMILES string of the molecule is COCCn1c(Cl)c(C=O)c2cc(C)ccc21. The van der Waals surface area contributed by atoms with Crippen LogP contribution in [0.2, 0.25) is 5.15 Å². The van der Waals surface area contributed by atoms with E-state index < -0.39 is 0 Å². The van der Waals surface area contributed by atoms with Crippen LogP contribution < -0.4 is 0 Å². The van der Waals surface area contributed by atoms with Crippen LogP contribution in [0.3, 0.4) is 0 Å². The highest BCUT2D eigenvalue weighted by molar-refractivity contribution is 6.34. The van der Waals surface area contributed by atoms with Crippen molar-refractivity contribution in [3.63, 3.8) is 0 Å². The van der Waals surface area contributed by atoms with E-state index in [2.05, 4.69) is 0 Å². The summed E-state index contributed by atoms with van der Waals surface area (Å²) >= 11 is 6.22. The molecule has 0 amide bonds. The average Bonchev–Trinajstić information content (AvgIpc) is 2.57. The molecular formula is C13H14ClNO2. The van der Waals surface area contributed by atoms with Gasteiger partial charge in [0.2, 0.25) is 0 Å². The third kappa shape index (κ3) is 2.08. The maximum absolute atomic E-state index is 11.1. The summed E-state index contributed by atoms with van der Waals surface area (Å²) in [5.74, 6) is 0. The molecule has 2 aromatic rings. The van der Waals surface area contributed by atoms with Crippen LogP contribution in [0.4, 0.5) is 0 Å². The van der Waals surface area contributed by atoms with Crippen LogP contribution >= 0.6 is 11.6 Å². The molecule has 0 aliphatic heterocycles. The number of hydrogen-bond donors (Lipinski definition) is 0. The summed E-state index contributed by atoms with van der Waals surface area (Å²) in [5.41, 5.74) is 2.64. The second-order valence-electron chi connectivity index (χ2n) is 3.99. The Labute approximate surface area is 105 Å². The Morgan fingerprint density at radius 3 is 2.88 bits per heavy atom. The third-order valence-electron chi connectivity index (χ3n) is 2.83. The zero-order valence-electron chi connectivity index (χ0n) is 9.87. The summed E-state index contributed by atoms with van der Waals surface area (Å²) in [7, 11) is 1.64. The van der Waals surface area contributed by atoms with Crippen molar-refractivity contribution >= 4 is 28.8 Å². The summed E-state index contributed by atoms with van der Waals surface area (Å²) in [4.78, 5) is 11.1. The zero-order chi connectivity index (χ0) is 12.4. The standard InChI is InChI=1S/C13H14ClNO2/c1-9-3-4-12-10(7-9)11(8-16)13(14)15(12)5-6-17-2/h3-4,7-8H,5-6H2,1-2H3. The zero-order valence-corrected chi connectivity index (χ0v) is 10.6. The maximum atomic E-state index is 11.1. The first-order valence-corrected chi connectivity index (χ1v) is 5.79. The van der Waals surface area contributed by atoms with E-state index in [9.17, 15) is 4.79 Å². The molecule has 90 valence electrons. The Morgan fingerprint density at radius 1 is 1.47 bits per heavy atom. The molecule has 0 spiro atoms. The number of ether oxygens (including phenoxy) is 1. The molecule has 17 heavy (non-hydrogen) atoms. The van der Waals surface area contributed by atoms with E-state index in [0.29, 0.717) is 23.9 Å². The van der Waals surface area contributed by atoms with Crippen molar-refractivity contribution in [1.82, 2.24) is 4.57 Å². The third-order valence-corrected chi connectivity index (χ3v) is 3.24. The highest BCUT2D eigenvalue weighted by atomic mass is 35.5. The van der Waals surface area contributed by atoms with E-state index in [-0.39, 0.29) is 0 Å². The van der Waals surface area contributed by atoms with Gasteiger partial charge in [0, 0.05) is 19.0 Å². The minimum Gasteiger partial charge on any atom is -0.383 e. The Balaban J connectivity index is 2.66. The Bertz CT molecular complexity index is 560. The first-order valence-electron chi connectivity index (χ1n) is 5.41. The topological polar surface area (TPSA) is 31.2 Å². The van der Waals surface area contributed by atoms with Crippen LogP contribution in [-0.2, 0) is 11.3 Å². The van der Waals surface area contributed by atoms with Gasteiger partial charge in [-0.3, -0.25) is 4.79 Å². The molecule has 0 radical (unpaired) electrons. The van der Waals surface area contributed by atoms with Crippen LogP contribution in [0.1, 0.15) is 15.9 Å². The van der Waals surface area contributed by atoms with Gasteiger partial charge in [-0.15, -0.1) is 0 Å². The largest absolute Gasteiger partial charge is 0.383 e. The van der Waals surface area contributed by atoms with E-state index in [1.54, 1.807) is 7.11 Å². The number of hydrogen-bond acceptors (Lipinski definition) is 2. The van der Waals surface area contributed by atoms with Gasteiger partial charge >= 0.3 is 0 Å². The van der Waals surface area contributed by atoms with Crippen molar-refractivity contribution in [1.29, 1.82) is 0 Å². The van der Waals surface area contributed by atoms with Gasteiger partial charge in [0.05, 0.1) is 17.7 Å². The molecule has 4 heteroatoms. The van der Waals surface area contributed by atoms with E-state index in [1.165, 1.54) is 0 Å². The number of methoxy groups -OCH3 is 1. The summed E-state index contributed by atoms with van der Waals surface area (Å²) < 4.78 is 6.95. The van der Waals surface area contributed by atoms with E-state index in [0.717, 1.165) is 22.8 Å². The van der Waals surface area contributed by atoms with Gasteiger partial charge in [0.1, 0.15) is 5.15 Å². The molecule has 0 atom stereocenters. The molecule has 1 heterocycles. The van der Waals surface area contributed by atoms with Gasteiger partial charge in [0.25, 0.3) is 0 Å². The molecule has 0 saturated carbocycles. The van der Waals surface area contributed by atoms with E-state index in [1.807, 2.05) is 29.7 Å². The maximum Gasteiger partial charge on any atom is 0.153 e. The second kappa shape index (κ2) is 4.90. The fraction of sp³-hybridized carbons (Fsp3) is 0.308. The molecule has 1 aromatic heterocycles. The van der Waals surface area contributed by atoms with Crippen LogP contribution in [0.25, 0.3) is 10.9 Å². The molecular weight excluding hydrogens is 238 g/mol. The van der Waals surface area contributed by atoms with Crippen LogP contribution in [-0.4, -0.2) is 24.6 Å². The van der Waals surface area contributed by atoms with E-state index >= 15 is 0 Å². The lowest BCUT2D eigenvalue weighted by atomic mass is 10.1. The van der Waals surface area contributed by atoms with Gasteiger partial charge in [0.15, 0.2) is 6.29 Å². The number of aromatic nitrogens is 1. The summed E-state index contributed by atoms with van der Waals surface area (Å²) in [6, 6.07) is 5.98. The summed E-state index contributed by atoms with van der Waals surface area (Å²) in [5, 5.41) is 1.39. The summed E-state index contributed by atoms with van der Waals surface area (Å²) in [6.07, 6.45) is 0.813. The fourth-order valence-electron chi connectivity index (χ4n) is 1.98. The molecule has 0 N–H and O–H groups in total. The number of benzene rings is 1. The monoisotopic (exact) mass is 251 g/mol. The fourth-order valence-corrected chi connectivity index (χ4v) is 2.30. The van der Waals surface area contributed by atoms with Crippen LogP contribution in [0.15, 0.2) is 18.2 Å². The predicted octanol–water partition coefficient (Wildman–Crippen LogP) is 3.06. The number of fused-ring (bicyclic) bond motifs is 1. The lowest BCUT2D eigenvalue weighted by molar-refractivity contribution is 0.112. The highest BCUT2D eigenvalue weighted by Crippen LogP contribution is 2.29. The number of aryl methyl sites for hydroxylation is 1. The molecule has 0 bridgehead atoms. The normalized spacial score (nSPS) is 11.0. The van der Waals surface area contributed by atoms with Gasteiger partial charge in [-0.1, -0.05) is 23.2 Å². The van der Waals surface area contributed by atoms with Gasteiger partial charge in [-0.25, -0.2) is 0 Å². The second-order valence-corrected chi connectivity index (χ2v) is 4.35. The molecule has 1 aromatic carbocycles. The average molecular weight is 252 g/mol. The number of rotatable bonds is 4. The van der Waals surface area contributed by atoms with Crippen molar-refractivity contribution in [2.45, 2.75) is 13.5 Å². The number of halogens is 1. The van der Waals surface area contributed by atoms with Crippen molar-refractivity contribution in [3.8, 4) is 0 Å². The van der Waals surface area contributed by atoms with Crippen LogP contribution in [0, 0.1) is 6.92 Å². The van der Waals surface area contributed by atoms with Crippen molar-refractivity contribution < 1.29 is 9.53 Å². The number of aldehydes is 1. The number of carbonyl (C=O) groups excluding carboxylic acids is 1. The van der Waals surface area contributed by atoms with Crippen molar-refractivity contribution in [2.24, 2.45) is 0 Å². The molecule has 2 rings (SSSR count). The number of nitrogens with zero attached hydrogens (tertiary/aromatic N) is 1. The Kier molecular flexibility index (Phi) is 3.50. The molecule has 0 fully saturated rings. The van der Waals surface area contributed by atoms with Crippen molar-refractivity contribution in [2.75, 3.05) is 13.7 Å². The molecule has 0 aliphatic rings.